The number of halogens is 1. The second kappa shape index (κ2) is 13.7. The molecular weight excluding hydrogens is 408 g/mol. The van der Waals surface area contributed by atoms with Gasteiger partial charge >= 0.3 is 5.97 Å². The molecule has 30 heavy (non-hydrogen) atoms. The van der Waals surface area contributed by atoms with Crippen LogP contribution in [0, 0.1) is 11.3 Å². The van der Waals surface area contributed by atoms with E-state index in [0.717, 1.165) is 12.8 Å². The maximum atomic E-state index is 12.8. The van der Waals surface area contributed by atoms with Crippen LogP contribution < -0.4 is 10.6 Å². The number of amides is 2. The van der Waals surface area contributed by atoms with Crippen LogP contribution in [0.2, 0.25) is 0 Å². The SMILES string of the molecule is CCCC(Cl)C/C=C/C(C)(C)C(=O)NC(C(=O)N[C@H](CCC(C)O)C(=O)O)C(C)C. The second-order valence-corrected chi connectivity index (χ2v) is 9.38. The van der Waals surface area contributed by atoms with Gasteiger partial charge in [0.2, 0.25) is 11.8 Å². The molecule has 2 amide bonds. The number of aliphatic carboxylic acids is 1. The Hall–Kier alpha value is -1.60. The van der Waals surface area contributed by atoms with E-state index in [0.29, 0.717) is 6.42 Å². The van der Waals surface area contributed by atoms with E-state index < -0.39 is 35.5 Å². The van der Waals surface area contributed by atoms with Crippen molar-refractivity contribution in [2.75, 3.05) is 0 Å². The smallest absolute Gasteiger partial charge is 0.326 e. The fraction of sp³-hybridized carbons (Fsp3) is 0.773. The molecule has 3 unspecified atom stereocenters. The molecule has 0 aliphatic carbocycles. The lowest BCUT2D eigenvalue weighted by molar-refractivity contribution is -0.143. The van der Waals surface area contributed by atoms with Gasteiger partial charge in [0.25, 0.3) is 0 Å². The fourth-order valence-electron chi connectivity index (χ4n) is 2.81. The van der Waals surface area contributed by atoms with E-state index in [1.54, 1.807) is 40.7 Å². The van der Waals surface area contributed by atoms with Crippen molar-refractivity contribution >= 4 is 29.4 Å². The second-order valence-electron chi connectivity index (χ2n) is 8.77. The summed E-state index contributed by atoms with van der Waals surface area (Å²) in [6.45, 7) is 10.7. The summed E-state index contributed by atoms with van der Waals surface area (Å²) in [7, 11) is 0. The third-order valence-corrected chi connectivity index (χ3v) is 5.23. The lowest BCUT2D eigenvalue weighted by atomic mass is 9.90. The van der Waals surface area contributed by atoms with E-state index in [9.17, 15) is 24.6 Å². The summed E-state index contributed by atoms with van der Waals surface area (Å²) in [5, 5.41) is 24.0. The fourth-order valence-corrected chi connectivity index (χ4v) is 3.13. The minimum Gasteiger partial charge on any atom is -0.480 e. The highest BCUT2D eigenvalue weighted by Crippen LogP contribution is 2.20. The zero-order valence-electron chi connectivity index (χ0n) is 19.1. The van der Waals surface area contributed by atoms with Crippen molar-refractivity contribution in [3.8, 4) is 0 Å². The van der Waals surface area contributed by atoms with Gasteiger partial charge in [-0.2, -0.15) is 0 Å². The lowest BCUT2D eigenvalue weighted by Crippen LogP contribution is -2.55. The lowest BCUT2D eigenvalue weighted by Gasteiger charge is -2.28. The summed E-state index contributed by atoms with van der Waals surface area (Å²) < 4.78 is 0. The van der Waals surface area contributed by atoms with Crippen LogP contribution >= 0.6 is 11.6 Å². The maximum absolute atomic E-state index is 12.8. The molecule has 8 heteroatoms. The molecule has 0 heterocycles. The first-order valence-electron chi connectivity index (χ1n) is 10.7. The number of carboxylic acids is 1. The highest BCUT2D eigenvalue weighted by molar-refractivity contribution is 6.20. The third kappa shape index (κ3) is 11.0. The molecule has 0 aromatic carbocycles. The summed E-state index contributed by atoms with van der Waals surface area (Å²) in [5.41, 5.74) is -0.852. The van der Waals surface area contributed by atoms with E-state index in [4.69, 9.17) is 11.6 Å². The molecule has 7 nitrogen and oxygen atoms in total. The number of hydrogen-bond acceptors (Lipinski definition) is 4. The van der Waals surface area contributed by atoms with Crippen LogP contribution in [0.4, 0.5) is 0 Å². The Morgan fingerprint density at radius 1 is 1.07 bits per heavy atom. The number of carboxylic acid groups (broad SMARTS) is 1. The summed E-state index contributed by atoms with van der Waals surface area (Å²) in [5.74, 6) is -2.30. The molecule has 0 fully saturated rings. The number of carbonyl (C=O) groups excluding carboxylic acids is 2. The Balaban J connectivity index is 5.11. The van der Waals surface area contributed by atoms with E-state index >= 15 is 0 Å². The predicted molar refractivity (Wildman–Crippen MR) is 119 cm³/mol. The van der Waals surface area contributed by atoms with Gasteiger partial charge in [0, 0.05) is 5.38 Å². The molecule has 0 aromatic heterocycles. The van der Waals surface area contributed by atoms with Crippen molar-refractivity contribution in [1.82, 2.24) is 10.6 Å². The van der Waals surface area contributed by atoms with Crippen LogP contribution in [-0.4, -0.2) is 51.6 Å². The number of aliphatic hydroxyl groups is 1. The molecule has 4 N–H and O–H groups in total. The number of aliphatic hydroxyl groups excluding tert-OH is 1. The normalized spacial score (nSPS) is 16.2. The van der Waals surface area contributed by atoms with Crippen LogP contribution in [0.1, 0.15) is 73.6 Å². The number of hydrogen-bond donors (Lipinski definition) is 4. The quantitative estimate of drug-likeness (QED) is 0.241. The van der Waals surface area contributed by atoms with Crippen LogP contribution in [0.3, 0.4) is 0 Å². The average Bonchev–Trinajstić information content (AvgIpc) is 2.61. The molecule has 4 atom stereocenters. The van der Waals surface area contributed by atoms with E-state index in [-0.39, 0.29) is 30.0 Å². The van der Waals surface area contributed by atoms with Crippen molar-refractivity contribution in [1.29, 1.82) is 0 Å². The van der Waals surface area contributed by atoms with Gasteiger partial charge in [-0.15, -0.1) is 11.6 Å². The van der Waals surface area contributed by atoms with Gasteiger partial charge in [-0.1, -0.05) is 39.3 Å². The highest BCUT2D eigenvalue weighted by Gasteiger charge is 2.32. The molecule has 0 radical (unpaired) electrons. The molecule has 0 aliphatic heterocycles. The van der Waals surface area contributed by atoms with E-state index in [1.807, 2.05) is 6.08 Å². The van der Waals surface area contributed by atoms with Crippen LogP contribution in [0.15, 0.2) is 12.2 Å². The van der Waals surface area contributed by atoms with Crippen LogP contribution in [-0.2, 0) is 14.4 Å². The van der Waals surface area contributed by atoms with Crippen molar-refractivity contribution < 1.29 is 24.6 Å². The molecule has 0 rings (SSSR count). The molecule has 0 saturated carbocycles. The van der Waals surface area contributed by atoms with Gasteiger partial charge < -0.3 is 20.8 Å². The number of allylic oxidation sites excluding steroid dienone is 1. The Kier molecular flexibility index (Phi) is 12.9. The van der Waals surface area contributed by atoms with Gasteiger partial charge in [-0.3, -0.25) is 9.59 Å². The molecule has 0 bridgehead atoms. The minimum absolute atomic E-state index is 0.0221. The standard InChI is InChI=1S/C22H39ClN2O5/c1-7-9-16(23)10-8-13-22(5,6)21(30)25-18(14(2)3)19(27)24-17(20(28)29)12-11-15(4)26/h8,13-18,26H,7,9-12H2,1-6H3,(H,24,27)(H,25,30)(H,28,29)/b13-8+/t15?,16?,17-,18?/m1/s1. The van der Waals surface area contributed by atoms with Crippen molar-refractivity contribution in [3.63, 3.8) is 0 Å². The Morgan fingerprint density at radius 3 is 2.13 bits per heavy atom. The molecule has 0 aromatic rings. The molecule has 0 saturated heterocycles. The van der Waals surface area contributed by atoms with Crippen LogP contribution in [0.25, 0.3) is 0 Å². The summed E-state index contributed by atoms with van der Waals surface area (Å²) >= 11 is 6.21. The molecule has 0 spiro atoms. The van der Waals surface area contributed by atoms with Crippen LogP contribution in [0.5, 0.6) is 0 Å². The molecular formula is C22H39ClN2O5. The van der Waals surface area contributed by atoms with Crippen molar-refractivity contribution in [3.05, 3.63) is 12.2 Å². The number of rotatable bonds is 14. The maximum Gasteiger partial charge on any atom is 0.326 e. The third-order valence-electron chi connectivity index (χ3n) is 4.84. The summed E-state index contributed by atoms with van der Waals surface area (Å²) in [6.07, 6.45) is 5.89. The largest absolute Gasteiger partial charge is 0.480 e. The van der Waals surface area contributed by atoms with Gasteiger partial charge in [0.15, 0.2) is 0 Å². The molecule has 174 valence electrons. The van der Waals surface area contributed by atoms with Gasteiger partial charge in [-0.25, -0.2) is 4.79 Å². The first-order chi connectivity index (χ1) is 13.8. The van der Waals surface area contributed by atoms with Gasteiger partial charge in [0.1, 0.15) is 12.1 Å². The Bertz CT molecular complexity index is 590. The average molecular weight is 447 g/mol. The Morgan fingerprint density at radius 2 is 1.67 bits per heavy atom. The first kappa shape index (κ1) is 28.4. The monoisotopic (exact) mass is 446 g/mol. The number of carbonyl (C=O) groups is 3. The predicted octanol–water partition coefficient (Wildman–Crippen LogP) is 3.24. The number of nitrogens with one attached hydrogen (secondary N) is 2. The van der Waals surface area contributed by atoms with E-state index in [2.05, 4.69) is 17.6 Å². The zero-order valence-corrected chi connectivity index (χ0v) is 19.8. The minimum atomic E-state index is -1.18. The number of alkyl halides is 1. The highest BCUT2D eigenvalue weighted by atomic mass is 35.5. The first-order valence-corrected chi connectivity index (χ1v) is 11.1. The van der Waals surface area contributed by atoms with E-state index in [1.165, 1.54) is 0 Å². The van der Waals surface area contributed by atoms with Crippen molar-refractivity contribution in [2.24, 2.45) is 11.3 Å². The zero-order chi connectivity index (χ0) is 23.5. The van der Waals surface area contributed by atoms with Gasteiger partial charge in [-0.05, 0) is 52.4 Å². The molecule has 0 aliphatic rings. The Labute approximate surface area is 185 Å². The summed E-state index contributed by atoms with van der Waals surface area (Å²) in [4.78, 5) is 36.9. The van der Waals surface area contributed by atoms with Gasteiger partial charge in [0.05, 0.1) is 11.5 Å². The van der Waals surface area contributed by atoms with Crippen molar-refractivity contribution in [2.45, 2.75) is 97.2 Å². The summed E-state index contributed by atoms with van der Waals surface area (Å²) in [6, 6.07) is -2.00. The topological polar surface area (TPSA) is 116 Å².